The minimum Gasteiger partial charge on any atom is -0.350 e. The number of carbonyl (C=O) groups is 1. The van der Waals surface area contributed by atoms with Crippen molar-refractivity contribution in [2.75, 3.05) is 14.1 Å². The molecule has 0 bridgehead atoms. The maximum absolute atomic E-state index is 12.6. The van der Waals surface area contributed by atoms with Crippen LogP contribution in [0.2, 0.25) is 0 Å². The van der Waals surface area contributed by atoms with Gasteiger partial charge in [0.2, 0.25) is 15.9 Å². The van der Waals surface area contributed by atoms with Crippen molar-refractivity contribution in [3.8, 4) is 0 Å². The molecule has 1 amide bonds. The number of sulfonamides is 1. The van der Waals surface area contributed by atoms with Gasteiger partial charge in [-0.25, -0.2) is 17.7 Å². The van der Waals surface area contributed by atoms with Crippen molar-refractivity contribution in [1.82, 2.24) is 19.2 Å². The van der Waals surface area contributed by atoms with Crippen LogP contribution in [0.5, 0.6) is 0 Å². The fourth-order valence-corrected chi connectivity index (χ4v) is 4.69. The first kappa shape index (κ1) is 23.0. The summed E-state index contributed by atoms with van der Waals surface area (Å²) in [6.45, 7) is 6.71. The van der Waals surface area contributed by atoms with Gasteiger partial charge in [-0.05, 0) is 50.1 Å². The molecule has 0 fully saturated rings. The van der Waals surface area contributed by atoms with E-state index in [1.54, 1.807) is 18.2 Å². The van der Waals surface area contributed by atoms with Crippen molar-refractivity contribution < 1.29 is 13.2 Å². The van der Waals surface area contributed by atoms with E-state index in [4.69, 9.17) is 0 Å². The molecule has 0 aliphatic rings. The van der Waals surface area contributed by atoms with E-state index in [1.165, 1.54) is 18.4 Å². The van der Waals surface area contributed by atoms with Gasteiger partial charge in [0, 0.05) is 33.5 Å². The first-order chi connectivity index (χ1) is 14.6. The van der Waals surface area contributed by atoms with Crippen LogP contribution in [0, 0.1) is 6.92 Å². The molecule has 0 aliphatic carbocycles. The van der Waals surface area contributed by atoms with Crippen LogP contribution in [0.15, 0.2) is 47.4 Å². The average Bonchev–Trinajstić information content (AvgIpc) is 3.09. The number of rotatable bonds is 8. The van der Waals surface area contributed by atoms with E-state index >= 15 is 0 Å². The van der Waals surface area contributed by atoms with Gasteiger partial charge in [-0.15, -0.1) is 0 Å². The molecule has 1 atom stereocenters. The number of nitrogens with one attached hydrogen (secondary N) is 1. The van der Waals surface area contributed by atoms with E-state index in [9.17, 15) is 13.2 Å². The largest absolute Gasteiger partial charge is 0.350 e. The molecule has 0 radical (unpaired) electrons. The van der Waals surface area contributed by atoms with Gasteiger partial charge < -0.3 is 9.88 Å². The molecule has 0 aliphatic heterocycles. The van der Waals surface area contributed by atoms with Crippen molar-refractivity contribution >= 4 is 27.0 Å². The maximum Gasteiger partial charge on any atom is 0.242 e. The number of hydrogen-bond donors (Lipinski definition) is 1. The number of imidazole rings is 1. The minimum atomic E-state index is -3.53. The van der Waals surface area contributed by atoms with Gasteiger partial charge >= 0.3 is 0 Å². The Kier molecular flexibility index (Phi) is 6.81. The molecular formula is C23H30N4O3S. The summed E-state index contributed by atoms with van der Waals surface area (Å²) < 4.78 is 28.1. The zero-order valence-electron chi connectivity index (χ0n) is 18.7. The summed E-state index contributed by atoms with van der Waals surface area (Å²) in [4.78, 5) is 17.4. The highest BCUT2D eigenvalue weighted by atomic mass is 32.2. The zero-order chi connectivity index (χ0) is 22.8. The number of aromatic nitrogens is 2. The van der Waals surface area contributed by atoms with E-state index in [2.05, 4.69) is 10.3 Å². The molecule has 7 nitrogen and oxygen atoms in total. The number of amides is 1. The van der Waals surface area contributed by atoms with Gasteiger partial charge in [-0.2, -0.15) is 0 Å². The second-order valence-electron chi connectivity index (χ2n) is 7.86. The van der Waals surface area contributed by atoms with E-state index < -0.39 is 10.0 Å². The summed E-state index contributed by atoms with van der Waals surface area (Å²) in [6, 6.07) is 12.9. The Morgan fingerprint density at radius 1 is 1.19 bits per heavy atom. The standard InChI is InChI=1S/C23H30N4O3S/c1-6-27-21-12-11-18(31(29,30)26(4)5)15-20(21)25-22(27)13-14-23(28)24-17(3)19-10-8-7-9-16(19)2/h7-12,15,17H,6,13-14H2,1-5H3,(H,24,28)/t17-/m1/s1. The first-order valence-electron chi connectivity index (χ1n) is 10.4. The Morgan fingerprint density at radius 3 is 2.55 bits per heavy atom. The van der Waals surface area contributed by atoms with Crippen molar-refractivity contribution in [3.05, 3.63) is 59.4 Å². The third-order valence-electron chi connectivity index (χ3n) is 5.50. The van der Waals surface area contributed by atoms with Crippen LogP contribution in [0.4, 0.5) is 0 Å². The Balaban J connectivity index is 1.76. The summed E-state index contributed by atoms with van der Waals surface area (Å²) in [5, 5.41) is 3.06. The Bertz CT molecular complexity index is 1200. The number of nitrogens with zero attached hydrogens (tertiary/aromatic N) is 3. The molecular weight excluding hydrogens is 412 g/mol. The molecule has 2 aromatic carbocycles. The highest BCUT2D eigenvalue weighted by molar-refractivity contribution is 7.89. The number of hydrogen-bond acceptors (Lipinski definition) is 4. The van der Waals surface area contributed by atoms with E-state index in [1.807, 2.05) is 49.6 Å². The lowest BCUT2D eigenvalue weighted by atomic mass is 10.0. The predicted molar refractivity (Wildman–Crippen MR) is 122 cm³/mol. The van der Waals surface area contributed by atoms with Crippen LogP contribution < -0.4 is 5.32 Å². The van der Waals surface area contributed by atoms with Gasteiger partial charge in [-0.1, -0.05) is 24.3 Å². The number of fused-ring (bicyclic) bond motifs is 1. The number of aryl methyl sites for hydroxylation is 3. The zero-order valence-corrected chi connectivity index (χ0v) is 19.5. The Morgan fingerprint density at radius 2 is 1.90 bits per heavy atom. The fourth-order valence-electron chi connectivity index (χ4n) is 3.76. The van der Waals surface area contributed by atoms with E-state index in [-0.39, 0.29) is 16.8 Å². The van der Waals surface area contributed by atoms with Crippen LogP contribution >= 0.6 is 0 Å². The Labute approximate surface area is 184 Å². The third-order valence-corrected chi connectivity index (χ3v) is 7.31. The van der Waals surface area contributed by atoms with Crippen molar-refractivity contribution in [2.45, 2.75) is 51.1 Å². The van der Waals surface area contributed by atoms with Crippen LogP contribution in [0.25, 0.3) is 11.0 Å². The molecule has 0 saturated heterocycles. The summed E-state index contributed by atoms with van der Waals surface area (Å²) in [6.07, 6.45) is 0.785. The third kappa shape index (κ3) is 4.80. The molecule has 31 heavy (non-hydrogen) atoms. The SMILES string of the molecule is CCn1c(CCC(=O)N[C@H](C)c2ccccc2C)nc2cc(S(=O)(=O)N(C)C)ccc21. The van der Waals surface area contributed by atoms with Gasteiger partial charge in [0.1, 0.15) is 5.82 Å². The molecule has 0 spiro atoms. The van der Waals surface area contributed by atoms with Gasteiger partial charge in [0.25, 0.3) is 0 Å². The van der Waals surface area contributed by atoms with Crippen molar-refractivity contribution in [2.24, 2.45) is 0 Å². The molecule has 8 heteroatoms. The van der Waals surface area contributed by atoms with Crippen LogP contribution in [0.3, 0.4) is 0 Å². The summed E-state index contributed by atoms with van der Waals surface area (Å²) >= 11 is 0. The topological polar surface area (TPSA) is 84.3 Å². The summed E-state index contributed by atoms with van der Waals surface area (Å²) in [5.74, 6) is 0.733. The molecule has 3 aromatic rings. The monoisotopic (exact) mass is 442 g/mol. The second-order valence-corrected chi connectivity index (χ2v) is 10.0. The molecule has 1 N–H and O–H groups in total. The quantitative estimate of drug-likeness (QED) is 0.579. The van der Waals surface area contributed by atoms with Gasteiger partial charge in [0.05, 0.1) is 22.0 Å². The summed E-state index contributed by atoms with van der Waals surface area (Å²) in [5.41, 5.74) is 3.73. The highest BCUT2D eigenvalue weighted by Crippen LogP contribution is 2.23. The van der Waals surface area contributed by atoms with Crippen molar-refractivity contribution in [3.63, 3.8) is 0 Å². The van der Waals surface area contributed by atoms with Gasteiger partial charge in [-0.3, -0.25) is 4.79 Å². The maximum atomic E-state index is 12.6. The smallest absolute Gasteiger partial charge is 0.242 e. The van der Waals surface area contributed by atoms with Crippen LogP contribution in [0.1, 0.15) is 43.3 Å². The van der Waals surface area contributed by atoms with Crippen LogP contribution in [-0.4, -0.2) is 42.3 Å². The second kappa shape index (κ2) is 9.20. The summed E-state index contributed by atoms with van der Waals surface area (Å²) in [7, 11) is -0.516. The molecule has 3 rings (SSSR count). The lowest BCUT2D eigenvalue weighted by molar-refractivity contribution is -0.121. The van der Waals surface area contributed by atoms with E-state index in [0.717, 1.165) is 22.5 Å². The average molecular weight is 443 g/mol. The molecule has 0 saturated carbocycles. The molecule has 1 heterocycles. The van der Waals surface area contributed by atoms with Crippen molar-refractivity contribution in [1.29, 1.82) is 0 Å². The normalized spacial score (nSPS) is 13.0. The molecule has 0 unspecified atom stereocenters. The van der Waals surface area contributed by atoms with Gasteiger partial charge in [0.15, 0.2) is 0 Å². The van der Waals surface area contributed by atoms with Crippen LogP contribution in [-0.2, 0) is 27.8 Å². The molecule has 166 valence electrons. The van der Waals surface area contributed by atoms with E-state index in [0.29, 0.717) is 24.9 Å². The minimum absolute atomic E-state index is 0.0404. The lowest BCUT2D eigenvalue weighted by Gasteiger charge is -2.16. The highest BCUT2D eigenvalue weighted by Gasteiger charge is 2.20. The predicted octanol–water partition coefficient (Wildman–Crippen LogP) is 3.42. The number of carbonyl (C=O) groups excluding carboxylic acids is 1. The number of benzene rings is 2. The first-order valence-corrected chi connectivity index (χ1v) is 11.9. The fraction of sp³-hybridized carbons (Fsp3) is 0.391. The Hall–Kier alpha value is -2.71. The lowest BCUT2D eigenvalue weighted by Crippen LogP contribution is -2.27. The molecule has 1 aromatic heterocycles.